The fourth-order valence-electron chi connectivity index (χ4n) is 2.50. The molecule has 0 bridgehead atoms. The Morgan fingerprint density at radius 3 is 2.62 bits per heavy atom. The highest BCUT2D eigenvalue weighted by Gasteiger charge is 2.23. The zero-order chi connectivity index (χ0) is 10.8. The van der Waals surface area contributed by atoms with E-state index in [1.807, 2.05) is 0 Å². The maximum atomic E-state index is 5.78. The predicted octanol–water partition coefficient (Wildman–Crippen LogP) is 1.14. The minimum Gasteiger partial charge on any atom is -0.408 e. The fourth-order valence-corrected chi connectivity index (χ4v) is 2.50. The van der Waals surface area contributed by atoms with Gasteiger partial charge in [-0.3, -0.25) is 0 Å². The first-order valence-corrected chi connectivity index (χ1v) is 6.22. The SMILES string of the molecule is C1CCN(c2nnc(C3CCNCC3)o2)C1. The molecular weight excluding hydrogens is 204 g/mol. The van der Waals surface area contributed by atoms with Crippen molar-refractivity contribution in [1.29, 1.82) is 0 Å². The van der Waals surface area contributed by atoms with Crippen molar-refractivity contribution in [3.05, 3.63) is 5.89 Å². The predicted molar refractivity (Wildman–Crippen MR) is 60.6 cm³/mol. The number of piperidine rings is 1. The average Bonchev–Trinajstić information content (AvgIpc) is 3.01. The van der Waals surface area contributed by atoms with Gasteiger partial charge in [-0.2, -0.15) is 0 Å². The van der Waals surface area contributed by atoms with Gasteiger partial charge >= 0.3 is 6.01 Å². The van der Waals surface area contributed by atoms with Crippen LogP contribution in [0.15, 0.2) is 4.42 Å². The summed E-state index contributed by atoms with van der Waals surface area (Å²) in [6.07, 6.45) is 4.71. The van der Waals surface area contributed by atoms with Crippen molar-refractivity contribution in [1.82, 2.24) is 15.5 Å². The highest BCUT2D eigenvalue weighted by molar-refractivity contribution is 5.25. The molecule has 0 aromatic carbocycles. The molecule has 0 radical (unpaired) electrons. The summed E-state index contributed by atoms with van der Waals surface area (Å²) in [6.45, 7) is 4.25. The standard InChI is InChI=1S/C11H18N4O/c1-2-8-15(7-1)11-14-13-10(16-11)9-3-5-12-6-4-9/h9,12H,1-8H2. The van der Waals surface area contributed by atoms with Gasteiger partial charge in [0.05, 0.1) is 0 Å². The van der Waals surface area contributed by atoms with E-state index in [4.69, 9.17) is 4.42 Å². The lowest BCUT2D eigenvalue weighted by Crippen LogP contribution is -2.26. The molecule has 0 aliphatic carbocycles. The highest BCUT2D eigenvalue weighted by Crippen LogP contribution is 2.27. The van der Waals surface area contributed by atoms with Crippen LogP contribution in [-0.4, -0.2) is 36.4 Å². The number of aromatic nitrogens is 2. The number of hydrogen-bond acceptors (Lipinski definition) is 5. The molecule has 88 valence electrons. The van der Waals surface area contributed by atoms with Crippen LogP contribution in [0.3, 0.4) is 0 Å². The van der Waals surface area contributed by atoms with Crippen LogP contribution < -0.4 is 10.2 Å². The zero-order valence-corrected chi connectivity index (χ0v) is 9.48. The van der Waals surface area contributed by atoms with E-state index in [9.17, 15) is 0 Å². The molecule has 5 nitrogen and oxygen atoms in total. The first kappa shape index (κ1) is 10.1. The van der Waals surface area contributed by atoms with Crippen molar-refractivity contribution in [2.75, 3.05) is 31.1 Å². The van der Waals surface area contributed by atoms with Gasteiger partial charge in [0.2, 0.25) is 5.89 Å². The fraction of sp³-hybridized carbons (Fsp3) is 0.818. The van der Waals surface area contributed by atoms with Crippen molar-refractivity contribution in [2.24, 2.45) is 0 Å². The number of nitrogens with zero attached hydrogens (tertiary/aromatic N) is 3. The molecule has 3 rings (SSSR count). The van der Waals surface area contributed by atoms with Gasteiger partial charge in [0.25, 0.3) is 0 Å². The van der Waals surface area contributed by atoms with Gasteiger partial charge in [-0.15, -0.1) is 5.10 Å². The van der Waals surface area contributed by atoms with Gasteiger partial charge in [-0.25, -0.2) is 0 Å². The Kier molecular flexibility index (Phi) is 2.78. The highest BCUT2D eigenvalue weighted by atomic mass is 16.4. The topological polar surface area (TPSA) is 54.2 Å². The molecule has 0 spiro atoms. The van der Waals surface area contributed by atoms with Gasteiger partial charge in [0, 0.05) is 19.0 Å². The molecule has 1 N–H and O–H groups in total. The summed E-state index contributed by atoms with van der Waals surface area (Å²) < 4.78 is 5.78. The molecule has 0 atom stereocenters. The van der Waals surface area contributed by atoms with E-state index < -0.39 is 0 Å². The lowest BCUT2D eigenvalue weighted by Gasteiger charge is -2.19. The van der Waals surface area contributed by atoms with E-state index in [1.54, 1.807) is 0 Å². The molecule has 2 aliphatic rings. The van der Waals surface area contributed by atoms with Crippen LogP contribution >= 0.6 is 0 Å². The van der Waals surface area contributed by atoms with Crippen molar-refractivity contribution in [3.8, 4) is 0 Å². The Balaban J connectivity index is 1.71. The summed E-state index contributed by atoms with van der Waals surface area (Å²) in [5.41, 5.74) is 0. The van der Waals surface area contributed by atoms with Crippen molar-refractivity contribution in [3.63, 3.8) is 0 Å². The summed E-state index contributed by atoms with van der Waals surface area (Å²) in [7, 11) is 0. The third-order valence-corrected chi connectivity index (χ3v) is 3.49. The van der Waals surface area contributed by atoms with Crippen LogP contribution in [0.4, 0.5) is 6.01 Å². The van der Waals surface area contributed by atoms with Gasteiger partial charge < -0.3 is 14.6 Å². The van der Waals surface area contributed by atoms with Crippen LogP contribution in [0.1, 0.15) is 37.5 Å². The summed E-state index contributed by atoms with van der Waals surface area (Å²) in [4.78, 5) is 2.19. The van der Waals surface area contributed by atoms with E-state index in [0.717, 1.165) is 50.9 Å². The normalized spacial score (nSPS) is 22.9. The van der Waals surface area contributed by atoms with Crippen molar-refractivity contribution >= 4 is 6.01 Å². The molecule has 1 aromatic rings. The van der Waals surface area contributed by atoms with E-state index in [2.05, 4.69) is 20.4 Å². The molecule has 16 heavy (non-hydrogen) atoms. The quantitative estimate of drug-likeness (QED) is 0.813. The van der Waals surface area contributed by atoms with Crippen LogP contribution in [-0.2, 0) is 0 Å². The molecular formula is C11H18N4O. The van der Waals surface area contributed by atoms with Gasteiger partial charge in [-0.05, 0) is 38.8 Å². The second-order valence-electron chi connectivity index (χ2n) is 4.64. The largest absolute Gasteiger partial charge is 0.408 e. The first-order valence-electron chi connectivity index (χ1n) is 6.22. The third kappa shape index (κ3) is 1.91. The number of anilines is 1. The smallest absolute Gasteiger partial charge is 0.318 e. The Labute approximate surface area is 95.2 Å². The Hall–Kier alpha value is -1.10. The number of nitrogens with one attached hydrogen (secondary N) is 1. The van der Waals surface area contributed by atoms with Crippen molar-refractivity contribution in [2.45, 2.75) is 31.6 Å². The summed E-state index contributed by atoms with van der Waals surface area (Å²) >= 11 is 0. The second-order valence-corrected chi connectivity index (χ2v) is 4.64. The summed E-state index contributed by atoms with van der Waals surface area (Å²) in [6, 6.07) is 0.728. The molecule has 1 aromatic heterocycles. The molecule has 3 heterocycles. The zero-order valence-electron chi connectivity index (χ0n) is 9.48. The van der Waals surface area contributed by atoms with Crippen LogP contribution in [0.5, 0.6) is 0 Å². The lowest BCUT2D eigenvalue weighted by molar-refractivity contribution is 0.375. The Morgan fingerprint density at radius 1 is 1.12 bits per heavy atom. The molecule has 2 fully saturated rings. The summed E-state index contributed by atoms with van der Waals surface area (Å²) in [5.74, 6) is 1.30. The maximum absolute atomic E-state index is 5.78. The minimum absolute atomic E-state index is 0.463. The molecule has 2 saturated heterocycles. The number of rotatable bonds is 2. The van der Waals surface area contributed by atoms with E-state index >= 15 is 0 Å². The van der Waals surface area contributed by atoms with E-state index in [1.165, 1.54) is 12.8 Å². The molecule has 0 unspecified atom stereocenters. The summed E-state index contributed by atoms with van der Waals surface area (Å²) in [5, 5.41) is 11.7. The molecule has 0 saturated carbocycles. The van der Waals surface area contributed by atoms with E-state index in [0.29, 0.717) is 5.92 Å². The van der Waals surface area contributed by atoms with E-state index in [-0.39, 0.29) is 0 Å². The average molecular weight is 222 g/mol. The molecule has 2 aliphatic heterocycles. The van der Waals surface area contributed by atoms with Gasteiger partial charge in [0.15, 0.2) is 0 Å². The lowest BCUT2D eigenvalue weighted by atomic mass is 9.98. The monoisotopic (exact) mass is 222 g/mol. The van der Waals surface area contributed by atoms with Crippen LogP contribution in [0, 0.1) is 0 Å². The van der Waals surface area contributed by atoms with Gasteiger partial charge in [-0.1, -0.05) is 5.10 Å². The van der Waals surface area contributed by atoms with Crippen LogP contribution in [0.25, 0.3) is 0 Å². The first-order chi connectivity index (χ1) is 7.93. The molecule has 0 amide bonds. The Bertz CT molecular complexity index is 340. The van der Waals surface area contributed by atoms with Crippen molar-refractivity contribution < 1.29 is 4.42 Å². The molecule has 5 heteroatoms. The second kappa shape index (κ2) is 4.41. The third-order valence-electron chi connectivity index (χ3n) is 3.49. The van der Waals surface area contributed by atoms with Gasteiger partial charge in [0.1, 0.15) is 0 Å². The number of hydrogen-bond donors (Lipinski definition) is 1. The Morgan fingerprint density at radius 2 is 1.88 bits per heavy atom. The minimum atomic E-state index is 0.463. The maximum Gasteiger partial charge on any atom is 0.318 e. The van der Waals surface area contributed by atoms with Crippen LogP contribution in [0.2, 0.25) is 0 Å².